The summed E-state index contributed by atoms with van der Waals surface area (Å²) in [4.78, 5) is 5.06. The third-order valence-electron chi connectivity index (χ3n) is 2.91. The van der Waals surface area contributed by atoms with Crippen molar-refractivity contribution in [3.05, 3.63) is 51.1 Å². The Kier molecular flexibility index (Phi) is 4.42. The Balaban J connectivity index is 1.64. The standard InChI is InChI=1S/C14H14BrN5S/c1-19(9-12-7-8-13(15)21-12)10-20-17-14(16-18-20)11-5-3-2-4-6-11/h2-8H,9-10H2,1H3. The van der Waals surface area contributed by atoms with Gasteiger partial charge in [0.1, 0.15) is 6.67 Å². The number of hydrogen-bond acceptors (Lipinski definition) is 5. The molecule has 1 aromatic carbocycles. The van der Waals surface area contributed by atoms with Gasteiger partial charge in [0.05, 0.1) is 3.79 Å². The summed E-state index contributed by atoms with van der Waals surface area (Å²) in [5.74, 6) is 0.655. The van der Waals surface area contributed by atoms with Crippen LogP contribution in [0.2, 0.25) is 0 Å². The summed E-state index contributed by atoms with van der Waals surface area (Å²) < 4.78 is 1.15. The van der Waals surface area contributed by atoms with Crippen LogP contribution in [-0.2, 0) is 13.2 Å². The number of rotatable bonds is 5. The van der Waals surface area contributed by atoms with Crippen molar-refractivity contribution in [1.82, 2.24) is 25.1 Å². The van der Waals surface area contributed by atoms with E-state index < -0.39 is 0 Å². The van der Waals surface area contributed by atoms with Gasteiger partial charge in [-0.1, -0.05) is 30.3 Å². The van der Waals surface area contributed by atoms with E-state index in [1.807, 2.05) is 37.4 Å². The first-order chi connectivity index (χ1) is 10.2. The molecule has 3 rings (SSSR count). The zero-order valence-corrected chi connectivity index (χ0v) is 13.9. The van der Waals surface area contributed by atoms with Gasteiger partial charge in [-0.15, -0.1) is 26.3 Å². The number of hydrogen-bond donors (Lipinski definition) is 0. The zero-order chi connectivity index (χ0) is 14.7. The van der Waals surface area contributed by atoms with Crippen molar-refractivity contribution in [2.75, 3.05) is 7.05 Å². The fourth-order valence-corrected chi connectivity index (χ4v) is 3.54. The van der Waals surface area contributed by atoms with Gasteiger partial charge in [-0.05, 0) is 40.3 Å². The summed E-state index contributed by atoms with van der Waals surface area (Å²) in [6, 6.07) is 14.1. The molecule has 0 amide bonds. The molecule has 108 valence electrons. The van der Waals surface area contributed by atoms with Crippen LogP contribution in [0.4, 0.5) is 0 Å². The quantitative estimate of drug-likeness (QED) is 0.697. The molecule has 2 aromatic heterocycles. The summed E-state index contributed by atoms with van der Waals surface area (Å²) in [6.07, 6.45) is 0. The van der Waals surface area contributed by atoms with Crippen molar-refractivity contribution in [3.63, 3.8) is 0 Å². The molecule has 0 saturated heterocycles. The van der Waals surface area contributed by atoms with Gasteiger partial charge < -0.3 is 0 Å². The van der Waals surface area contributed by atoms with E-state index in [9.17, 15) is 0 Å². The van der Waals surface area contributed by atoms with Crippen LogP contribution in [-0.4, -0.2) is 32.2 Å². The Morgan fingerprint density at radius 3 is 2.71 bits per heavy atom. The molecule has 0 spiro atoms. The molecule has 21 heavy (non-hydrogen) atoms. The van der Waals surface area contributed by atoms with Gasteiger partial charge in [0, 0.05) is 17.0 Å². The highest BCUT2D eigenvalue weighted by Gasteiger charge is 2.08. The topological polar surface area (TPSA) is 46.8 Å². The number of tetrazole rings is 1. The molecule has 0 saturated carbocycles. The van der Waals surface area contributed by atoms with Crippen molar-refractivity contribution < 1.29 is 0 Å². The van der Waals surface area contributed by atoms with Crippen molar-refractivity contribution in [3.8, 4) is 11.4 Å². The maximum absolute atomic E-state index is 4.41. The fourth-order valence-electron chi connectivity index (χ4n) is 1.97. The van der Waals surface area contributed by atoms with Crippen LogP contribution in [0.25, 0.3) is 11.4 Å². The van der Waals surface area contributed by atoms with Crippen LogP contribution >= 0.6 is 27.3 Å². The minimum Gasteiger partial charge on any atom is -0.281 e. The Morgan fingerprint density at radius 1 is 1.19 bits per heavy atom. The highest BCUT2D eigenvalue weighted by Crippen LogP contribution is 2.23. The van der Waals surface area contributed by atoms with Crippen LogP contribution in [0.3, 0.4) is 0 Å². The highest BCUT2D eigenvalue weighted by atomic mass is 79.9. The molecule has 0 fully saturated rings. The van der Waals surface area contributed by atoms with Crippen LogP contribution in [0.1, 0.15) is 4.88 Å². The van der Waals surface area contributed by atoms with Gasteiger partial charge in [-0.2, -0.15) is 0 Å². The largest absolute Gasteiger partial charge is 0.281 e. The van der Waals surface area contributed by atoms with E-state index >= 15 is 0 Å². The summed E-state index contributed by atoms with van der Waals surface area (Å²) >= 11 is 5.22. The molecule has 0 aliphatic rings. The predicted octanol–water partition coefficient (Wildman–Crippen LogP) is 3.25. The number of halogens is 1. The van der Waals surface area contributed by atoms with Crippen LogP contribution in [0, 0.1) is 0 Å². The molecular formula is C14H14BrN5S. The first-order valence-corrected chi connectivity index (χ1v) is 8.07. The number of aromatic nitrogens is 4. The molecule has 0 aliphatic heterocycles. The van der Waals surface area contributed by atoms with Gasteiger partial charge in [-0.3, -0.25) is 4.90 Å². The van der Waals surface area contributed by atoms with E-state index in [1.54, 1.807) is 16.1 Å². The summed E-state index contributed by atoms with van der Waals surface area (Å²) in [6.45, 7) is 1.47. The van der Waals surface area contributed by atoms with E-state index in [0.717, 1.165) is 15.9 Å². The number of nitrogens with zero attached hydrogens (tertiary/aromatic N) is 5. The van der Waals surface area contributed by atoms with Gasteiger partial charge in [0.25, 0.3) is 0 Å². The van der Waals surface area contributed by atoms with Gasteiger partial charge in [-0.25, -0.2) is 0 Å². The number of benzene rings is 1. The van der Waals surface area contributed by atoms with Crippen molar-refractivity contribution in [2.45, 2.75) is 13.2 Å². The molecule has 0 radical (unpaired) electrons. The minimum absolute atomic E-state index is 0.607. The molecule has 0 aliphatic carbocycles. The summed E-state index contributed by atoms with van der Waals surface area (Å²) in [7, 11) is 2.04. The second-order valence-electron chi connectivity index (χ2n) is 4.71. The van der Waals surface area contributed by atoms with E-state index in [4.69, 9.17) is 0 Å². The maximum Gasteiger partial charge on any atom is 0.204 e. The lowest BCUT2D eigenvalue weighted by molar-refractivity contribution is 0.229. The van der Waals surface area contributed by atoms with Crippen molar-refractivity contribution in [1.29, 1.82) is 0 Å². The molecule has 0 bridgehead atoms. The zero-order valence-electron chi connectivity index (χ0n) is 11.5. The van der Waals surface area contributed by atoms with Gasteiger partial charge in [0.15, 0.2) is 0 Å². The van der Waals surface area contributed by atoms with Crippen molar-refractivity contribution in [2.24, 2.45) is 0 Å². The normalized spacial score (nSPS) is 11.2. The Hall–Kier alpha value is -1.57. The third-order valence-corrected chi connectivity index (χ3v) is 4.52. The lowest BCUT2D eigenvalue weighted by Crippen LogP contribution is -2.22. The monoisotopic (exact) mass is 363 g/mol. The van der Waals surface area contributed by atoms with E-state index in [2.05, 4.69) is 48.4 Å². The molecule has 0 N–H and O–H groups in total. The smallest absolute Gasteiger partial charge is 0.204 e. The SMILES string of the molecule is CN(Cc1ccc(Br)s1)Cn1nnc(-c2ccccc2)n1. The van der Waals surface area contributed by atoms with E-state index in [-0.39, 0.29) is 0 Å². The van der Waals surface area contributed by atoms with Gasteiger partial charge >= 0.3 is 0 Å². The summed E-state index contributed by atoms with van der Waals surface area (Å²) in [5.41, 5.74) is 0.980. The Bertz CT molecular complexity index is 709. The van der Waals surface area contributed by atoms with Gasteiger partial charge in [0.2, 0.25) is 5.82 Å². The van der Waals surface area contributed by atoms with Crippen LogP contribution in [0.5, 0.6) is 0 Å². The second-order valence-corrected chi connectivity index (χ2v) is 7.26. The molecule has 2 heterocycles. The predicted molar refractivity (Wildman–Crippen MR) is 86.7 cm³/mol. The lowest BCUT2D eigenvalue weighted by atomic mass is 10.2. The molecule has 0 unspecified atom stereocenters. The molecule has 0 atom stereocenters. The minimum atomic E-state index is 0.607. The average molecular weight is 364 g/mol. The van der Waals surface area contributed by atoms with E-state index in [0.29, 0.717) is 12.5 Å². The second kappa shape index (κ2) is 6.46. The van der Waals surface area contributed by atoms with Crippen molar-refractivity contribution >= 4 is 27.3 Å². The van der Waals surface area contributed by atoms with Crippen LogP contribution < -0.4 is 0 Å². The average Bonchev–Trinajstić information content (AvgIpc) is 3.09. The third kappa shape index (κ3) is 3.75. The molecule has 7 heteroatoms. The maximum atomic E-state index is 4.41. The summed E-state index contributed by atoms with van der Waals surface area (Å²) in [5, 5.41) is 12.6. The molecule has 3 aromatic rings. The number of thiophene rings is 1. The lowest BCUT2D eigenvalue weighted by Gasteiger charge is -2.13. The highest BCUT2D eigenvalue weighted by molar-refractivity contribution is 9.11. The van der Waals surface area contributed by atoms with Crippen LogP contribution in [0.15, 0.2) is 46.3 Å². The first-order valence-electron chi connectivity index (χ1n) is 6.47. The van der Waals surface area contributed by atoms with E-state index in [1.165, 1.54) is 4.88 Å². The first kappa shape index (κ1) is 14.4. The molecule has 5 nitrogen and oxygen atoms in total. The fraction of sp³-hybridized carbons (Fsp3) is 0.214. The molecular weight excluding hydrogens is 350 g/mol. The Morgan fingerprint density at radius 2 is 2.00 bits per heavy atom. The Labute approximate surface area is 135 Å².